The van der Waals surface area contributed by atoms with Gasteiger partial charge in [-0.2, -0.15) is 0 Å². The number of nitrogens with zero attached hydrogens (tertiary/aromatic N) is 2. The van der Waals surface area contributed by atoms with Crippen LogP contribution in [0.25, 0.3) is 0 Å². The van der Waals surface area contributed by atoms with E-state index in [9.17, 15) is 14.4 Å². The Morgan fingerprint density at radius 1 is 1.04 bits per heavy atom. The van der Waals surface area contributed by atoms with Gasteiger partial charge in [0.15, 0.2) is 12.2 Å². The zero-order valence-electron chi connectivity index (χ0n) is 14.5. The van der Waals surface area contributed by atoms with E-state index in [0.29, 0.717) is 5.69 Å². The van der Waals surface area contributed by atoms with Crippen LogP contribution < -0.4 is 0 Å². The highest BCUT2D eigenvalue weighted by Crippen LogP contribution is 2.29. The summed E-state index contributed by atoms with van der Waals surface area (Å²) in [6, 6.07) is 1.55. The zero-order chi connectivity index (χ0) is 19.3. The normalized spacial score (nSPS) is 24.8. The Bertz CT molecular complexity index is 684. The molecule has 0 aliphatic carbocycles. The number of esters is 3. The lowest BCUT2D eigenvalue weighted by molar-refractivity contribution is -0.165. The number of ether oxygens (including phenoxy) is 4. The van der Waals surface area contributed by atoms with Crippen LogP contribution in [0.2, 0.25) is 5.15 Å². The molecule has 0 radical (unpaired) electrons. The van der Waals surface area contributed by atoms with E-state index in [0.717, 1.165) is 0 Å². The van der Waals surface area contributed by atoms with E-state index in [1.165, 1.54) is 27.1 Å². The zero-order valence-corrected chi connectivity index (χ0v) is 15.3. The van der Waals surface area contributed by atoms with E-state index in [1.807, 2.05) is 0 Å². The van der Waals surface area contributed by atoms with Crippen molar-refractivity contribution in [2.75, 3.05) is 6.61 Å². The summed E-state index contributed by atoms with van der Waals surface area (Å²) >= 11 is 5.86. The minimum atomic E-state index is -0.918. The van der Waals surface area contributed by atoms with Gasteiger partial charge in [-0.3, -0.25) is 14.4 Å². The smallest absolute Gasteiger partial charge is 0.303 e. The molecule has 1 aliphatic heterocycles. The standard InChI is InChI=1S/C16H19ClN2O7/c1-8(20)23-6-13-16(25-10(3)22)15(24-9(2)21)12(26-13)4-11-5-14(17)19-7-18-11/h5,7,12-13,15-16H,4,6H2,1-3H3. The number of rotatable bonds is 6. The Labute approximate surface area is 154 Å². The van der Waals surface area contributed by atoms with Crippen LogP contribution in [0.3, 0.4) is 0 Å². The average Bonchev–Trinajstić information content (AvgIpc) is 2.81. The number of carbonyl (C=O) groups excluding carboxylic acids is 3. The van der Waals surface area contributed by atoms with Crippen LogP contribution in [-0.4, -0.2) is 58.9 Å². The van der Waals surface area contributed by atoms with E-state index in [4.69, 9.17) is 30.5 Å². The van der Waals surface area contributed by atoms with Gasteiger partial charge in [0.1, 0.15) is 30.3 Å². The maximum atomic E-state index is 11.5. The Hall–Kier alpha value is -2.26. The van der Waals surface area contributed by atoms with Gasteiger partial charge < -0.3 is 18.9 Å². The fraction of sp³-hybridized carbons (Fsp3) is 0.562. The largest absolute Gasteiger partial charge is 0.463 e. The van der Waals surface area contributed by atoms with Crippen molar-refractivity contribution >= 4 is 29.5 Å². The van der Waals surface area contributed by atoms with Gasteiger partial charge in [-0.15, -0.1) is 0 Å². The minimum Gasteiger partial charge on any atom is -0.463 e. The fourth-order valence-electron chi connectivity index (χ4n) is 2.66. The lowest BCUT2D eigenvalue weighted by Gasteiger charge is -2.23. The summed E-state index contributed by atoms with van der Waals surface area (Å²) in [6.07, 6.45) is -1.73. The molecule has 1 saturated heterocycles. The molecule has 1 aromatic rings. The molecule has 142 valence electrons. The van der Waals surface area contributed by atoms with Gasteiger partial charge in [0.2, 0.25) is 0 Å². The summed E-state index contributed by atoms with van der Waals surface area (Å²) < 4.78 is 21.4. The molecule has 1 aliphatic rings. The first kappa shape index (κ1) is 20.1. The average molecular weight is 387 g/mol. The van der Waals surface area contributed by atoms with Crippen molar-refractivity contribution < 1.29 is 33.3 Å². The molecule has 10 heteroatoms. The molecule has 0 N–H and O–H groups in total. The first-order chi connectivity index (χ1) is 12.3. The van der Waals surface area contributed by atoms with Crippen LogP contribution in [0.4, 0.5) is 0 Å². The molecule has 2 rings (SSSR count). The van der Waals surface area contributed by atoms with Gasteiger partial charge in [-0.25, -0.2) is 9.97 Å². The second-order valence-corrected chi connectivity index (χ2v) is 6.09. The van der Waals surface area contributed by atoms with Crippen molar-refractivity contribution in [2.45, 2.75) is 51.6 Å². The van der Waals surface area contributed by atoms with Crippen LogP contribution in [0.1, 0.15) is 26.5 Å². The molecule has 2 heterocycles. The highest BCUT2D eigenvalue weighted by molar-refractivity contribution is 6.29. The monoisotopic (exact) mass is 386 g/mol. The molecule has 4 atom stereocenters. The summed E-state index contributed by atoms with van der Waals surface area (Å²) in [5.74, 6) is -1.64. The molecule has 0 bridgehead atoms. The maximum absolute atomic E-state index is 11.5. The highest BCUT2D eigenvalue weighted by atomic mass is 35.5. The van der Waals surface area contributed by atoms with Crippen LogP contribution in [0, 0.1) is 0 Å². The number of carbonyl (C=O) groups is 3. The van der Waals surface area contributed by atoms with Crippen molar-refractivity contribution in [3.63, 3.8) is 0 Å². The Morgan fingerprint density at radius 3 is 2.19 bits per heavy atom. The minimum absolute atomic E-state index is 0.147. The van der Waals surface area contributed by atoms with Crippen molar-refractivity contribution in [3.8, 4) is 0 Å². The molecule has 9 nitrogen and oxygen atoms in total. The Kier molecular flexibility index (Phi) is 6.87. The van der Waals surface area contributed by atoms with E-state index in [-0.39, 0.29) is 18.2 Å². The maximum Gasteiger partial charge on any atom is 0.303 e. The fourth-order valence-corrected chi connectivity index (χ4v) is 2.83. The number of aromatic nitrogens is 2. The SMILES string of the molecule is CC(=O)OCC1OC(Cc2cc(Cl)ncn2)C(OC(C)=O)C1OC(C)=O. The third-order valence-corrected chi connectivity index (χ3v) is 3.77. The first-order valence-corrected chi connectivity index (χ1v) is 8.23. The van der Waals surface area contributed by atoms with Crippen LogP contribution in [-0.2, 0) is 39.8 Å². The molecule has 0 saturated carbocycles. The van der Waals surface area contributed by atoms with Crippen LogP contribution in [0.15, 0.2) is 12.4 Å². The lowest BCUT2D eigenvalue weighted by Crippen LogP contribution is -2.41. The third-order valence-electron chi connectivity index (χ3n) is 3.56. The lowest BCUT2D eigenvalue weighted by atomic mass is 10.0. The molecular weight excluding hydrogens is 368 g/mol. The predicted octanol–water partition coefficient (Wildman–Crippen LogP) is 0.866. The second-order valence-electron chi connectivity index (χ2n) is 5.70. The van der Waals surface area contributed by atoms with Gasteiger partial charge in [-0.05, 0) is 6.07 Å². The molecule has 1 aromatic heterocycles. The quantitative estimate of drug-likeness (QED) is 0.399. The van der Waals surface area contributed by atoms with Gasteiger partial charge >= 0.3 is 17.9 Å². The topological polar surface area (TPSA) is 114 Å². The van der Waals surface area contributed by atoms with E-state index < -0.39 is 42.3 Å². The Morgan fingerprint density at radius 2 is 1.65 bits per heavy atom. The van der Waals surface area contributed by atoms with Crippen LogP contribution in [0.5, 0.6) is 0 Å². The van der Waals surface area contributed by atoms with Gasteiger partial charge in [0, 0.05) is 32.9 Å². The predicted molar refractivity (Wildman–Crippen MR) is 87.1 cm³/mol. The first-order valence-electron chi connectivity index (χ1n) is 7.86. The molecule has 26 heavy (non-hydrogen) atoms. The van der Waals surface area contributed by atoms with Crippen molar-refractivity contribution in [1.82, 2.24) is 9.97 Å². The van der Waals surface area contributed by atoms with Crippen molar-refractivity contribution in [2.24, 2.45) is 0 Å². The molecule has 0 spiro atoms. The number of hydrogen-bond acceptors (Lipinski definition) is 9. The van der Waals surface area contributed by atoms with Gasteiger partial charge in [0.25, 0.3) is 0 Å². The number of halogens is 1. The molecule has 1 fully saturated rings. The van der Waals surface area contributed by atoms with Crippen molar-refractivity contribution in [3.05, 3.63) is 23.2 Å². The molecule has 4 unspecified atom stereocenters. The van der Waals surface area contributed by atoms with Crippen LogP contribution >= 0.6 is 11.6 Å². The molecule has 0 amide bonds. The number of hydrogen-bond donors (Lipinski definition) is 0. The highest BCUT2D eigenvalue weighted by Gasteiger charge is 2.49. The second kappa shape index (κ2) is 8.91. The van der Waals surface area contributed by atoms with Crippen molar-refractivity contribution in [1.29, 1.82) is 0 Å². The van der Waals surface area contributed by atoms with E-state index in [2.05, 4.69) is 9.97 Å². The van der Waals surface area contributed by atoms with Gasteiger partial charge in [-0.1, -0.05) is 11.6 Å². The molecule has 0 aromatic carbocycles. The molecular formula is C16H19ClN2O7. The summed E-state index contributed by atoms with van der Waals surface area (Å²) in [6.45, 7) is 3.57. The summed E-state index contributed by atoms with van der Waals surface area (Å²) in [5.41, 5.74) is 0.557. The summed E-state index contributed by atoms with van der Waals surface area (Å²) in [4.78, 5) is 42.0. The third kappa shape index (κ3) is 5.63. The summed E-state index contributed by atoms with van der Waals surface area (Å²) in [7, 11) is 0. The van der Waals surface area contributed by atoms with Gasteiger partial charge in [0.05, 0.1) is 0 Å². The van der Waals surface area contributed by atoms with E-state index >= 15 is 0 Å². The summed E-state index contributed by atoms with van der Waals surface area (Å²) in [5, 5.41) is 0.255. The van der Waals surface area contributed by atoms with E-state index in [1.54, 1.807) is 6.07 Å². The Balaban J connectivity index is 2.23.